The molecule has 1 atom stereocenters. The first-order chi connectivity index (χ1) is 12.3. The number of hydrogen-bond donors (Lipinski definition) is 0. The first-order valence-electron chi connectivity index (χ1n) is 8.36. The van der Waals surface area contributed by atoms with Gasteiger partial charge in [0.15, 0.2) is 5.82 Å². The number of pyridine rings is 1. The molecule has 0 saturated carbocycles. The summed E-state index contributed by atoms with van der Waals surface area (Å²) in [6.45, 7) is 1.34. The van der Waals surface area contributed by atoms with E-state index in [1.54, 1.807) is 6.20 Å². The summed E-state index contributed by atoms with van der Waals surface area (Å²) in [6, 6.07) is 15.7. The fourth-order valence-corrected chi connectivity index (χ4v) is 3.06. The van der Waals surface area contributed by atoms with Crippen LogP contribution in [0.5, 0.6) is 0 Å². The summed E-state index contributed by atoms with van der Waals surface area (Å²) in [5.74, 6) is 1.09. The molecule has 6 heteroatoms. The molecule has 25 heavy (non-hydrogen) atoms. The molecule has 1 saturated heterocycles. The molecule has 1 fully saturated rings. The maximum absolute atomic E-state index is 12.3. The number of nitrogens with zero attached hydrogens (tertiary/aromatic N) is 4. The molecule has 3 heterocycles. The van der Waals surface area contributed by atoms with Gasteiger partial charge in [-0.05, 0) is 24.1 Å². The van der Waals surface area contributed by atoms with Crippen LogP contribution >= 0.6 is 0 Å². The molecule has 0 radical (unpaired) electrons. The molecule has 0 bridgehead atoms. The topological polar surface area (TPSA) is 72.1 Å². The third-order valence-corrected chi connectivity index (χ3v) is 4.42. The van der Waals surface area contributed by atoms with E-state index in [-0.39, 0.29) is 11.8 Å². The standard InChI is InChI=1S/C19H18N4O2/c24-17-12-15(13-23(17)11-9-14-6-2-1-3-7-14)18-21-19(25-22-18)16-8-4-5-10-20-16/h1-8,10,15H,9,11-13H2/t15-/m1/s1. The van der Waals surface area contributed by atoms with Crippen LogP contribution in [-0.4, -0.2) is 39.0 Å². The Morgan fingerprint density at radius 1 is 1.12 bits per heavy atom. The van der Waals surface area contributed by atoms with Crippen molar-refractivity contribution in [3.63, 3.8) is 0 Å². The number of likely N-dealkylation sites (tertiary alicyclic amines) is 1. The second-order valence-corrected chi connectivity index (χ2v) is 6.15. The van der Waals surface area contributed by atoms with E-state index in [9.17, 15) is 4.79 Å². The fourth-order valence-electron chi connectivity index (χ4n) is 3.06. The molecule has 3 aromatic rings. The minimum absolute atomic E-state index is 0.0236. The summed E-state index contributed by atoms with van der Waals surface area (Å²) in [5.41, 5.74) is 1.88. The summed E-state index contributed by atoms with van der Waals surface area (Å²) >= 11 is 0. The van der Waals surface area contributed by atoms with Gasteiger partial charge < -0.3 is 9.42 Å². The normalized spacial score (nSPS) is 17.2. The molecule has 0 spiro atoms. The molecule has 4 rings (SSSR count). The van der Waals surface area contributed by atoms with Gasteiger partial charge in [-0.3, -0.25) is 9.78 Å². The summed E-state index contributed by atoms with van der Waals surface area (Å²) < 4.78 is 5.31. The lowest BCUT2D eigenvalue weighted by atomic mass is 10.1. The van der Waals surface area contributed by atoms with Crippen molar-refractivity contribution in [3.05, 3.63) is 66.1 Å². The Balaban J connectivity index is 1.41. The van der Waals surface area contributed by atoms with E-state index < -0.39 is 0 Å². The van der Waals surface area contributed by atoms with Crippen molar-refractivity contribution in [1.29, 1.82) is 0 Å². The van der Waals surface area contributed by atoms with Crippen molar-refractivity contribution < 1.29 is 9.32 Å². The van der Waals surface area contributed by atoms with Crippen molar-refractivity contribution in [1.82, 2.24) is 20.0 Å². The zero-order chi connectivity index (χ0) is 17.1. The predicted octanol–water partition coefficient (Wildman–Crippen LogP) is 2.69. The maximum Gasteiger partial charge on any atom is 0.276 e. The van der Waals surface area contributed by atoms with Gasteiger partial charge in [0, 0.05) is 31.6 Å². The lowest BCUT2D eigenvalue weighted by molar-refractivity contribution is -0.127. The molecule has 6 nitrogen and oxygen atoms in total. The number of aromatic nitrogens is 3. The van der Waals surface area contributed by atoms with Crippen LogP contribution < -0.4 is 0 Å². The van der Waals surface area contributed by atoms with Crippen molar-refractivity contribution in [2.75, 3.05) is 13.1 Å². The lowest BCUT2D eigenvalue weighted by Gasteiger charge is -2.15. The summed E-state index contributed by atoms with van der Waals surface area (Å²) in [7, 11) is 0. The van der Waals surface area contributed by atoms with Crippen LogP contribution in [0.2, 0.25) is 0 Å². The molecule has 1 amide bonds. The first kappa shape index (κ1) is 15.5. The van der Waals surface area contributed by atoms with Crippen LogP contribution in [0.3, 0.4) is 0 Å². The van der Waals surface area contributed by atoms with Crippen molar-refractivity contribution in [3.8, 4) is 11.6 Å². The van der Waals surface area contributed by atoms with E-state index in [4.69, 9.17) is 4.52 Å². The second kappa shape index (κ2) is 6.84. The van der Waals surface area contributed by atoms with Gasteiger partial charge in [-0.1, -0.05) is 41.6 Å². The average Bonchev–Trinajstić information content (AvgIpc) is 3.29. The van der Waals surface area contributed by atoms with Crippen molar-refractivity contribution >= 4 is 5.91 Å². The quantitative estimate of drug-likeness (QED) is 0.717. The fraction of sp³-hybridized carbons (Fsp3) is 0.263. The molecule has 1 aliphatic heterocycles. The van der Waals surface area contributed by atoms with Gasteiger partial charge in [-0.15, -0.1) is 0 Å². The number of benzene rings is 1. The molecule has 0 N–H and O–H groups in total. The molecule has 0 unspecified atom stereocenters. The summed E-state index contributed by atoms with van der Waals surface area (Å²) in [6.07, 6.45) is 2.96. The highest BCUT2D eigenvalue weighted by atomic mass is 16.5. The Kier molecular flexibility index (Phi) is 4.24. The Morgan fingerprint density at radius 3 is 2.76 bits per heavy atom. The van der Waals surface area contributed by atoms with Gasteiger partial charge in [-0.25, -0.2) is 0 Å². The smallest absolute Gasteiger partial charge is 0.276 e. The van der Waals surface area contributed by atoms with Gasteiger partial charge in [-0.2, -0.15) is 4.98 Å². The van der Waals surface area contributed by atoms with Crippen molar-refractivity contribution in [2.45, 2.75) is 18.8 Å². The Morgan fingerprint density at radius 2 is 1.96 bits per heavy atom. The Bertz CT molecular complexity index is 848. The van der Waals surface area contributed by atoms with Gasteiger partial charge in [0.1, 0.15) is 5.69 Å². The van der Waals surface area contributed by atoms with Crippen LogP contribution in [-0.2, 0) is 11.2 Å². The number of carbonyl (C=O) groups excluding carboxylic acids is 1. The van der Waals surface area contributed by atoms with Crippen LogP contribution in [0.4, 0.5) is 0 Å². The van der Waals surface area contributed by atoms with Gasteiger partial charge >= 0.3 is 0 Å². The maximum atomic E-state index is 12.3. The predicted molar refractivity (Wildman–Crippen MR) is 91.6 cm³/mol. The molecule has 1 aromatic carbocycles. The van der Waals surface area contributed by atoms with Gasteiger partial charge in [0.25, 0.3) is 5.89 Å². The third kappa shape index (κ3) is 3.42. The number of amides is 1. The zero-order valence-electron chi connectivity index (χ0n) is 13.7. The molecule has 126 valence electrons. The number of carbonyl (C=O) groups is 1. The zero-order valence-corrected chi connectivity index (χ0v) is 13.7. The van der Waals surface area contributed by atoms with Crippen LogP contribution in [0.25, 0.3) is 11.6 Å². The second-order valence-electron chi connectivity index (χ2n) is 6.15. The minimum Gasteiger partial charge on any atom is -0.342 e. The monoisotopic (exact) mass is 334 g/mol. The van der Waals surface area contributed by atoms with Crippen LogP contribution in [0.1, 0.15) is 23.7 Å². The molecule has 0 aliphatic carbocycles. The average molecular weight is 334 g/mol. The summed E-state index contributed by atoms with van der Waals surface area (Å²) in [5, 5.41) is 4.06. The van der Waals surface area contributed by atoms with E-state index in [0.717, 1.165) is 6.42 Å². The highest BCUT2D eigenvalue weighted by Gasteiger charge is 2.33. The van der Waals surface area contributed by atoms with E-state index in [2.05, 4.69) is 27.3 Å². The van der Waals surface area contributed by atoms with E-state index in [1.165, 1.54) is 5.56 Å². The molecular weight excluding hydrogens is 316 g/mol. The molecular formula is C19H18N4O2. The minimum atomic E-state index is -0.0236. The Labute approximate surface area is 145 Å². The Hall–Kier alpha value is -3.02. The van der Waals surface area contributed by atoms with E-state index in [1.807, 2.05) is 41.3 Å². The number of rotatable bonds is 5. The van der Waals surface area contributed by atoms with Crippen LogP contribution in [0.15, 0.2) is 59.3 Å². The van der Waals surface area contributed by atoms with Crippen molar-refractivity contribution in [2.24, 2.45) is 0 Å². The van der Waals surface area contributed by atoms with E-state index in [0.29, 0.717) is 36.9 Å². The molecule has 2 aromatic heterocycles. The first-order valence-corrected chi connectivity index (χ1v) is 8.36. The SMILES string of the molecule is O=C1C[C@@H](c2noc(-c3ccccn3)n2)CN1CCc1ccccc1. The van der Waals surface area contributed by atoms with Crippen LogP contribution in [0, 0.1) is 0 Å². The largest absolute Gasteiger partial charge is 0.342 e. The molecule has 1 aliphatic rings. The van der Waals surface area contributed by atoms with E-state index >= 15 is 0 Å². The lowest BCUT2D eigenvalue weighted by Crippen LogP contribution is -2.27. The van der Waals surface area contributed by atoms with Gasteiger partial charge in [0.05, 0.1) is 0 Å². The number of hydrogen-bond acceptors (Lipinski definition) is 5. The highest BCUT2D eigenvalue weighted by molar-refractivity contribution is 5.79. The summed E-state index contributed by atoms with van der Waals surface area (Å²) in [4.78, 5) is 22.8. The third-order valence-electron chi connectivity index (χ3n) is 4.42. The highest BCUT2D eigenvalue weighted by Crippen LogP contribution is 2.27. The van der Waals surface area contributed by atoms with Gasteiger partial charge in [0.2, 0.25) is 5.91 Å².